The van der Waals surface area contributed by atoms with Crippen molar-refractivity contribution in [1.82, 2.24) is 19.9 Å². The lowest BCUT2D eigenvalue weighted by Gasteiger charge is -2.31. The quantitative estimate of drug-likeness (QED) is 0.725. The highest BCUT2D eigenvalue weighted by Gasteiger charge is 2.22. The van der Waals surface area contributed by atoms with Gasteiger partial charge in [0.25, 0.3) is 0 Å². The Balaban J connectivity index is 1.26. The number of rotatable bonds is 5. The van der Waals surface area contributed by atoms with Crippen LogP contribution in [-0.4, -0.2) is 51.5 Å². The van der Waals surface area contributed by atoms with Crippen LogP contribution in [0.4, 0.5) is 9.52 Å². The summed E-state index contributed by atoms with van der Waals surface area (Å²) in [5.41, 5.74) is 0.679. The second-order valence-electron chi connectivity index (χ2n) is 6.32. The maximum absolute atomic E-state index is 13.3. The van der Waals surface area contributed by atoms with E-state index in [1.165, 1.54) is 23.5 Å². The molecule has 1 amide bonds. The van der Waals surface area contributed by atoms with Crippen molar-refractivity contribution in [2.45, 2.75) is 18.9 Å². The number of aromatic nitrogens is 3. The molecule has 1 fully saturated rings. The van der Waals surface area contributed by atoms with Crippen LogP contribution in [0.25, 0.3) is 10.2 Å². The number of benzene rings is 1. The maximum Gasteiger partial charge on any atom is 0.240 e. The van der Waals surface area contributed by atoms with E-state index in [1.807, 2.05) is 0 Å². The molecule has 1 aromatic carbocycles. The number of piperidine rings is 1. The van der Waals surface area contributed by atoms with Crippen LogP contribution in [0.1, 0.15) is 12.8 Å². The molecule has 4 rings (SSSR count). The largest absolute Gasteiger partial charge is 0.473 e. The second-order valence-corrected chi connectivity index (χ2v) is 7.35. The number of amides is 1. The van der Waals surface area contributed by atoms with Gasteiger partial charge in [-0.3, -0.25) is 14.7 Å². The average Bonchev–Trinajstić information content (AvgIpc) is 3.05. The molecule has 140 valence electrons. The zero-order valence-electron chi connectivity index (χ0n) is 14.5. The lowest BCUT2D eigenvalue weighted by atomic mass is 10.1. The number of fused-ring (bicyclic) bond motifs is 1. The standard InChI is InChI=1S/C18H18FN5O2S/c19-12-1-2-14-15(9-12)27-18(22-14)23-16(25)11-24-7-3-13(4-8-24)26-17-10-20-5-6-21-17/h1-2,5-6,9-10,13H,3-4,7-8,11H2,(H,22,23,25). The third-order valence-corrected chi connectivity index (χ3v) is 5.26. The van der Waals surface area contributed by atoms with Crippen molar-refractivity contribution in [3.63, 3.8) is 0 Å². The summed E-state index contributed by atoms with van der Waals surface area (Å²) in [5.74, 6) is 0.0967. The minimum atomic E-state index is -0.310. The number of ether oxygens (including phenoxy) is 1. The number of carbonyl (C=O) groups is 1. The Morgan fingerprint density at radius 1 is 1.33 bits per heavy atom. The summed E-state index contributed by atoms with van der Waals surface area (Å²) in [6.45, 7) is 1.83. The monoisotopic (exact) mass is 387 g/mol. The molecule has 0 bridgehead atoms. The number of nitrogens with zero attached hydrogens (tertiary/aromatic N) is 4. The first-order valence-electron chi connectivity index (χ1n) is 8.67. The van der Waals surface area contributed by atoms with Gasteiger partial charge in [0, 0.05) is 25.5 Å². The van der Waals surface area contributed by atoms with Gasteiger partial charge in [-0.05, 0) is 31.0 Å². The molecule has 3 heterocycles. The zero-order chi connectivity index (χ0) is 18.6. The van der Waals surface area contributed by atoms with Gasteiger partial charge in [0.05, 0.1) is 23.0 Å². The number of thiazole rings is 1. The minimum Gasteiger partial charge on any atom is -0.473 e. The van der Waals surface area contributed by atoms with Gasteiger partial charge in [-0.25, -0.2) is 14.4 Å². The highest BCUT2D eigenvalue weighted by molar-refractivity contribution is 7.22. The van der Waals surface area contributed by atoms with Crippen LogP contribution in [0.3, 0.4) is 0 Å². The van der Waals surface area contributed by atoms with E-state index < -0.39 is 0 Å². The summed E-state index contributed by atoms with van der Waals surface area (Å²) in [7, 11) is 0. The van der Waals surface area contributed by atoms with Gasteiger partial charge in [-0.1, -0.05) is 11.3 Å². The number of halogens is 1. The molecule has 0 saturated carbocycles. The van der Waals surface area contributed by atoms with Gasteiger partial charge in [0.15, 0.2) is 5.13 Å². The van der Waals surface area contributed by atoms with Crippen molar-refractivity contribution in [1.29, 1.82) is 0 Å². The van der Waals surface area contributed by atoms with E-state index >= 15 is 0 Å². The number of likely N-dealkylation sites (tertiary alicyclic amines) is 1. The van der Waals surface area contributed by atoms with Crippen LogP contribution >= 0.6 is 11.3 Å². The maximum atomic E-state index is 13.3. The molecule has 27 heavy (non-hydrogen) atoms. The van der Waals surface area contributed by atoms with Crippen molar-refractivity contribution < 1.29 is 13.9 Å². The van der Waals surface area contributed by atoms with Crippen LogP contribution in [0.2, 0.25) is 0 Å². The molecular weight excluding hydrogens is 369 g/mol. The first-order chi connectivity index (χ1) is 13.2. The van der Waals surface area contributed by atoms with Gasteiger partial charge in [-0.15, -0.1) is 0 Å². The molecule has 0 atom stereocenters. The smallest absolute Gasteiger partial charge is 0.240 e. The van der Waals surface area contributed by atoms with Gasteiger partial charge in [-0.2, -0.15) is 0 Å². The average molecular weight is 387 g/mol. The number of anilines is 1. The Hall–Kier alpha value is -2.65. The Labute approximate surface area is 159 Å². The summed E-state index contributed by atoms with van der Waals surface area (Å²) in [5, 5.41) is 3.29. The van der Waals surface area contributed by atoms with Crippen LogP contribution in [0.15, 0.2) is 36.8 Å². The second kappa shape index (κ2) is 7.93. The van der Waals surface area contributed by atoms with Crippen molar-refractivity contribution in [3.05, 3.63) is 42.6 Å². The molecule has 7 nitrogen and oxygen atoms in total. The number of nitrogens with one attached hydrogen (secondary N) is 1. The molecule has 0 radical (unpaired) electrons. The molecule has 0 aliphatic carbocycles. The first-order valence-corrected chi connectivity index (χ1v) is 9.48. The molecule has 1 saturated heterocycles. The Kier molecular flexibility index (Phi) is 5.21. The summed E-state index contributed by atoms with van der Waals surface area (Å²) < 4.78 is 19.8. The van der Waals surface area contributed by atoms with Crippen molar-refractivity contribution >= 4 is 32.6 Å². The molecule has 1 aliphatic rings. The first kappa shape index (κ1) is 17.7. The van der Waals surface area contributed by atoms with E-state index in [-0.39, 0.29) is 17.8 Å². The predicted molar refractivity (Wildman–Crippen MR) is 100 cm³/mol. The highest BCUT2D eigenvalue weighted by Crippen LogP contribution is 2.26. The fraction of sp³-hybridized carbons (Fsp3) is 0.333. The molecule has 3 aromatic rings. The Morgan fingerprint density at radius 3 is 2.96 bits per heavy atom. The lowest BCUT2D eigenvalue weighted by molar-refractivity contribution is -0.117. The van der Waals surface area contributed by atoms with Crippen LogP contribution in [-0.2, 0) is 4.79 Å². The molecule has 0 unspecified atom stereocenters. The highest BCUT2D eigenvalue weighted by atomic mass is 32.1. The molecule has 1 N–H and O–H groups in total. The fourth-order valence-corrected chi connectivity index (χ4v) is 3.92. The van der Waals surface area contributed by atoms with Crippen LogP contribution in [0.5, 0.6) is 5.88 Å². The van der Waals surface area contributed by atoms with E-state index in [2.05, 4.69) is 25.2 Å². The zero-order valence-corrected chi connectivity index (χ0v) is 15.3. The van der Waals surface area contributed by atoms with E-state index in [0.717, 1.165) is 25.9 Å². The van der Waals surface area contributed by atoms with Gasteiger partial charge < -0.3 is 10.1 Å². The molecule has 2 aromatic heterocycles. The van der Waals surface area contributed by atoms with Gasteiger partial charge in [0.2, 0.25) is 11.8 Å². The van der Waals surface area contributed by atoms with Crippen LogP contribution in [0, 0.1) is 5.82 Å². The summed E-state index contributed by atoms with van der Waals surface area (Å²) in [6, 6.07) is 4.39. The minimum absolute atomic E-state index is 0.0835. The van der Waals surface area contributed by atoms with E-state index in [1.54, 1.807) is 24.7 Å². The third kappa shape index (κ3) is 4.55. The van der Waals surface area contributed by atoms with Crippen molar-refractivity contribution in [2.75, 3.05) is 25.0 Å². The SMILES string of the molecule is O=C(CN1CCC(Oc2cnccn2)CC1)Nc1nc2ccc(F)cc2s1. The van der Waals surface area contributed by atoms with Crippen molar-refractivity contribution in [2.24, 2.45) is 0 Å². The summed E-state index contributed by atoms with van der Waals surface area (Å²) in [6.07, 6.45) is 6.54. The number of hydrogen-bond donors (Lipinski definition) is 1. The third-order valence-electron chi connectivity index (χ3n) is 4.33. The predicted octanol–water partition coefficient (Wildman–Crippen LogP) is 2.71. The number of hydrogen-bond acceptors (Lipinski definition) is 7. The van der Waals surface area contributed by atoms with Gasteiger partial charge in [0.1, 0.15) is 11.9 Å². The van der Waals surface area contributed by atoms with E-state index in [4.69, 9.17) is 4.74 Å². The van der Waals surface area contributed by atoms with Crippen LogP contribution < -0.4 is 10.1 Å². The molecule has 1 aliphatic heterocycles. The Bertz CT molecular complexity index is 928. The fourth-order valence-electron chi connectivity index (χ4n) is 3.02. The van der Waals surface area contributed by atoms with Gasteiger partial charge >= 0.3 is 0 Å². The lowest BCUT2D eigenvalue weighted by Crippen LogP contribution is -2.42. The molecule has 9 heteroatoms. The summed E-state index contributed by atoms with van der Waals surface area (Å²) in [4.78, 5) is 26.8. The Morgan fingerprint density at radius 2 is 2.19 bits per heavy atom. The molecule has 0 spiro atoms. The molecular formula is C18H18FN5O2S. The van der Waals surface area contributed by atoms with E-state index in [9.17, 15) is 9.18 Å². The normalized spacial score (nSPS) is 15.7. The summed E-state index contributed by atoms with van der Waals surface area (Å²) >= 11 is 1.27. The topological polar surface area (TPSA) is 80.2 Å². The number of carbonyl (C=O) groups excluding carboxylic acids is 1. The van der Waals surface area contributed by atoms with E-state index in [0.29, 0.717) is 27.8 Å². The van der Waals surface area contributed by atoms with Crippen molar-refractivity contribution in [3.8, 4) is 5.88 Å².